The summed E-state index contributed by atoms with van der Waals surface area (Å²) in [6.07, 6.45) is 0. The standard InChI is InChI=1S/C17H15FN4OS/c1-11(12-6-8-13(18)9-7-12)21-22-16(23)10-24-17-19-14-4-2-3-5-15(14)20-17/h2-9H,10H2,1H3,(H,19,20)(H,22,23)/b21-11+. The zero-order chi connectivity index (χ0) is 16.9. The quantitative estimate of drug-likeness (QED) is 0.424. The number of carbonyl (C=O) groups excluding carboxylic acids is 1. The highest BCUT2D eigenvalue weighted by Crippen LogP contribution is 2.18. The Morgan fingerprint density at radius 1 is 1.25 bits per heavy atom. The Kier molecular flexibility index (Phi) is 4.90. The molecule has 1 heterocycles. The summed E-state index contributed by atoms with van der Waals surface area (Å²) < 4.78 is 12.9. The number of halogens is 1. The van der Waals surface area contributed by atoms with Crippen molar-refractivity contribution in [1.82, 2.24) is 15.4 Å². The van der Waals surface area contributed by atoms with Crippen LogP contribution < -0.4 is 5.43 Å². The first-order valence-corrected chi connectivity index (χ1v) is 8.27. The maximum atomic E-state index is 12.9. The Morgan fingerprint density at radius 3 is 2.75 bits per heavy atom. The van der Waals surface area contributed by atoms with E-state index < -0.39 is 0 Å². The van der Waals surface area contributed by atoms with E-state index in [2.05, 4.69) is 20.5 Å². The van der Waals surface area contributed by atoms with Crippen LogP contribution in [0, 0.1) is 5.82 Å². The molecule has 2 aromatic carbocycles. The fourth-order valence-electron chi connectivity index (χ4n) is 2.07. The Bertz CT molecular complexity index is 856. The van der Waals surface area contributed by atoms with Gasteiger partial charge in [0.15, 0.2) is 5.16 Å². The number of hydrogen-bond donors (Lipinski definition) is 2. The first kappa shape index (κ1) is 16.2. The van der Waals surface area contributed by atoms with E-state index in [1.54, 1.807) is 19.1 Å². The van der Waals surface area contributed by atoms with Gasteiger partial charge in [-0.2, -0.15) is 5.10 Å². The number of imidazole rings is 1. The number of thioether (sulfide) groups is 1. The van der Waals surface area contributed by atoms with Crippen LogP contribution in [0.25, 0.3) is 11.0 Å². The minimum atomic E-state index is -0.308. The van der Waals surface area contributed by atoms with Gasteiger partial charge in [-0.25, -0.2) is 14.8 Å². The molecule has 1 amide bonds. The smallest absolute Gasteiger partial charge is 0.250 e. The molecule has 0 saturated heterocycles. The Balaban J connectivity index is 1.55. The van der Waals surface area contributed by atoms with Gasteiger partial charge in [-0.05, 0) is 36.8 Å². The van der Waals surface area contributed by atoms with E-state index in [4.69, 9.17) is 0 Å². The first-order chi connectivity index (χ1) is 11.6. The Hall–Kier alpha value is -2.67. The van der Waals surface area contributed by atoms with Crippen LogP contribution in [0.5, 0.6) is 0 Å². The summed E-state index contributed by atoms with van der Waals surface area (Å²) in [6.45, 7) is 1.75. The van der Waals surface area contributed by atoms with Gasteiger partial charge in [-0.1, -0.05) is 36.0 Å². The SMILES string of the molecule is C/C(=N\NC(=O)CSc1nc2ccccc2[nH]1)c1ccc(F)cc1. The average Bonchev–Trinajstić information content (AvgIpc) is 3.01. The summed E-state index contributed by atoms with van der Waals surface area (Å²) in [5, 5.41) is 4.72. The molecule has 2 N–H and O–H groups in total. The van der Waals surface area contributed by atoms with Gasteiger partial charge >= 0.3 is 0 Å². The number of fused-ring (bicyclic) bond motifs is 1. The molecule has 0 radical (unpaired) electrons. The number of nitrogens with one attached hydrogen (secondary N) is 2. The maximum Gasteiger partial charge on any atom is 0.250 e. The van der Waals surface area contributed by atoms with Gasteiger partial charge in [0.05, 0.1) is 22.5 Å². The van der Waals surface area contributed by atoms with Crippen molar-refractivity contribution in [3.63, 3.8) is 0 Å². The van der Waals surface area contributed by atoms with Gasteiger partial charge in [0.1, 0.15) is 5.82 Å². The number of H-pyrrole nitrogens is 1. The molecular formula is C17H15FN4OS. The molecule has 7 heteroatoms. The maximum absolute atomic E-state index is 12.9. The third-order valence-corrected chi connectivity index (χ3v) is 4.19. The number of nitrogens with zero attached hydrogens (tertiary/aromatic N) is 2. The molecule has 0 saturated carbocycles. The van der Waals surface area contributed by atoms with Crippen LogP contribution in [-0.2, 0) is 4.79 Å². The van der Waals surface area contributed by atoms with E-state index in [0.29, 0.717) is 10.9 Å². The molecule has 24 heavy (non-hydrogen) atoms. The van der Waals surface area contributed by atoms with E-state index in [1.165, 1.54) is 23.9 Å². The first-order valence-electron chi connectivity index (χ1n) is 7.28. The van der Waals surface area contributed by atoms with Gasteiger partial charge < -0.3 is 4.98 Å². The molecule has 1 aromatic heterocycles. The van der Waals surface area contributed by atoms with E-state index in [1.807, 2.05) is 24.3 Å². The number of carbonyl (C=O) groups is 1. The van der Waals surface area contributed by atoms with Crippen LogP contribution in [0.2, 0.25) is 0 Å². The van der Waals surface area contributed by atoms with E-state index in [9.17, 15) is 9.18 Å². The molecule has 0 aliphatic carbocycles. The van der Waals surface area contributed by atoms with Crippen molar-refractivity contribution in [2.45, 2.75) is 12.1 Å². The topological polar surface area (TPSA) is 70.1 Å². The predicted octanol–water partition coefficient (Wildman–Crippen LogP) is 3.33. The largest absolute Gasteiger partial charge is 0.333 e. The van der Waals surface area contributed by atoms with Crippen molar-refractivity contribution >= 4 is 34.4 Å². The van der Waals surface area contributed by atoms with Crippen LogP contribution in [0.15, 0.2) is 58.8 Å². The van der Waals surface area contributed by atoms with Crippen molar-refractivity contribution in [3.8, 4) is 0 Å². The third-order valence-electron chi connectivity index (χ3n) is 3.32. The monoisotopic (exact) mass is 342 g/mol. The summed E-state index contributed by atoms with van der Waals surface area (Å²) in [5.41, 5.74) is 5.65. The third kappa shape index (κ3) is 3.99. The lowest BCUT2D eigenvalue weighted by Crippen LogP contribution is -2.21. The van der Waals surface area contributed by atoms with Crippen LogP contribution >= 0.6 is 11.8 Å². The van der Waals surface area contributed by atoms with Gasteiger partial charge in [0.2, 0.25) is 0 Å². The predicted molar refractivity (Wildman–Crippen MR) is 93.6 cm³/mol. The molecule has 0 atom stereocenters. The molecule has 0 bridgehead atoms. The number of benzene rings is 2. The summed E-state index contributed by atoms with van der Waals surface area (Å²) in [4.78, 5) is 19.4. The van der Waals surface area contributed by atoms with Crippen LogP contribution in [-0.4, -0.2) is 27.3 Å². The second-order valence-corrected chi connectivity index (χ2v) is 6.05. The summed E-state index contributed by atoms with van der Waals surface area (Å²) >= 11 is 1.31. The van der Waals surface area contributed by atoms with Crippen molar-refractivity contribution in [2.24, 2.45) is 5.10 Å². The lowest BCUT2D eigenvalue weighted by molar-refractivity contribution is -0.118. The number of hydrogen-bond acceptors (Lipinski definition) is 4. The summed E-state index contributed by atoms with van der Waals surface area (Å²) in [7, 11) is 0. The molecule has 3 rings (SSSR count). The van der Waals surface area contributed by atoms with Crippen LogP contribution in [0.1, 0.15) is 12.5 Å². The summed E-state index contributed by atoms with van der Waals surface area (Å²) in [6, 6.07) is 13.6. The molecule has 3 aromatic rings. The molecule has 0 aliphatic heterocycles. The minimum Gasteiger partial charge on any atom is -0.333 e. The highest BCUT2D eigenvalue weighted by atomic mass is 32.2. The second-order valence-electron chi connectivity index (χ2n) is 5.09. The van der Waals surface area contributed by atoms with Gasteiger partial charge in [0, 0.05) is 0 Å². The fraction of sp³-hybridized carbons (Fsp3) is 0.118. The Labute approximate surface area is 142 Å². The molecule has 0 spiro atoms. The van der Waals surface area contributed by atoms with Crippen molar-refractivity contribution in [2.75, 3.05) is 5.75 Å². The van der Waals surface area contributed by atoms with Crippen LogP contribution in [0.4, 0.5) is 4.39 Å². The van der Waals surface area contributed by atoms with E-state index in [-0.39, 0.29) is 17.5 Å². The molecule has 0 aliphatic rings. The highest BCUT2D eigenvalue weighted by molar-refractivity contribution is 7.99. The van der Waals surface area contributed by atoms with E-state index in [0.717, 1.165) is 16.6 Å². The minimum absolute atomic E-state index is 0.194. The lowest BCUT2D eigenvalue weighted by atomic mass is 10.1. The lowest BCUT2D eigenvalue weighted by Gasteiger charge is -2.02. The van der Waals surface area contributed by atoms with Crippen molar-refractivity contribution in [1.29, 1.82) is 0 Å². The number of para-hydroxylation sites is 2. The average molecular weight is 342 g/mol. The number of rotatable bonds is 5. The highest BCUT2D eigenvalue weighted by Gasteiger charge is 2.07. The zero-order valence-electron chi connectivity index (χ0n) is 12.9. The van der Waals surface area contributed by atoms with Gasteiger partial charge in [-0.15, -0.1) is 0 Å². The number of hydrazone groups is 1. The fourth-order valence-corrected chi connectivity index (χ4v) is 2.74. The molecule has 0 unspecified atom stereocenters. The normalized spacial score (nSPS) is 11.7. The number of amides is 1. The molecule has 0 fully saturated rings. The molecule has 122 valence electrons. The second kappa shape index (κ2) is 7.27. The number of aromatic amines is 1. The van der Waals surface area contributed by atoms with Gasteiger partial charge in [-0.3, -0.25) is 4.79 Å². The van der Waals surface area contributed by atoms with E-state index >= 15 is 0 Å². The van der Waals surface area contributed by atoms with Crippen molar-refractivity contribution in [3.05, 3.63) is 59.9 Å². The van der Waals surface area contributed by atoms with Crippen molar-refractivity contribution < 1.29 is 9.18 Å². The van der Waals surface area contributed by atoms with Crippen LogP contribution in [0.3, 0.4) is 0 Å². The summed E-state index contributed by atoms with van der Waals surface area (Å²) in [5.74, 6) is -0.347. The molecule has 5 nitrogen and oxygen atoms in total. The number of aromatic nitrogens is 2. The molecular weight excluding hydrogens is 327 g/mol. The zero-order valence-corrected chi connectivity index (χ0v) is 13.7. The van der Waals surface area contributed by atoms with Gasteiger partial charge in [0.25, 0.3) is 5.91 Å². The Morgan fingerprint density at radius 2 is 2.00 bits per heavy atom.